The molecule has 1 fully saturated rings. The first-order valence-electron chi connectivity index (χ1n) is 9.86. The van der Waals surface area contributed by atoms with Gasteiger partial charge in [0.2, 0.25) is 0 Å². The van der Waals surface area contributed by atoms with Gasteiger partial charge in [0.15, 0.2) is 0 Å². The van der Waals surface area contributed by atoms with E-state index in [1.807, 2.05) is 4.08 Å². The lowest BCUT2D eigenvalue weighted by atomic mass is 10.1. The molecule has 0 aliphatic carbocycles. The summed E-state index contributed by atoms with van der Waals surface area (Å²) in [6.45, 7) is 2.67. The fourth-order valence-electron chi connectivity index (χ4n) is 3.22. The van der Waals surface area contributed by atoms with Gasteiger partial charge < -0.3 is 10.6 Å². The van der Waals surface area contributed by atoms with Crippen molar-refractivity contribution in [3.05, 3.63) is 85.2 Å². The number of carbonyl (C=O) groups is 2. The standard InChI is InChI=1S/C23H19Cl2FIN3O2/c24-15-3-6-20(18(11-15)23(32)29-21-7-4-16(25)12-27-21)28-22(31)17-5-2-14(10-19(17)26)13-30-8-1-9-30/h2-7,10-12H,1,8-9,13H2,(H,28,31)(H,29,32). The van der Waals surface area contributed by atoms with Gasteiger partial charge in [-0.3, -0.25) is 14.5 Å². The van der Waals surface area contributed by atoms with Crippen LogP contribution in [-0.4, -0.2) is 33.4 Å². The summed E-state index contributed by atoms with van der Waals surface area (Å²) in [5.41, 5.74) is 1.16. The summed E-state index contributed by atoms with van der Waals surface area (Å²) < 4.78 is 17.3. The predicted molar refractivity (Wildman–Crippen MR) is 135 cm³/mol. The fraction of sp³-hybridized carbons (Fsp3) is 0.174. The number of halogens is 4. The number of anilines is 1. The molecule has 2 heterocycles. The third-order valence-electron chi connectivity index (χ3n) is 5.01. The number of nitrogens with one attached hydrogen (secondary N) is 2. The summed E-state index contributed by atoms with van der Waals surface area (Å²) in [5, 5.41) is 6.46. The van der Waals surface area contributed by atoms with Crippen LogP contribution in [0, 0.1) is 5.82 Å². The number of benzene rings is 2. The Morgan fingerprint density at radius 3 is 2.44 bits per heavy atom. The predicted octanol–water partition coefficient (Wildman–Crippen LogP) is 5.42. The van der Waals surface area contributed by atoms with Crippen LogP contribution in [0.5, 0.6) is 0 Å². The zero-order valence-electron chi connectivity index (χ0n) is 16.8. The van der Waals surface area contributed by atoms with Gasteiger partial charge in [-0.1, -0.05) is 50.0 Å². The van der Waals surface area contributed by atoms with Crippen molar-refractivity contribution in [3.63, 3.8) is 0 Å². The molecular weight excluding hydrogens is 567 g/mol. The van der Waals surface area contributed by atoms with Gasteiger partial charge in [0.05, 0.1) is 20.4 Å². The van der Waals surface area contributed by atoms with Crippen LogP contribution in [0.3, 0.4) is 0 Å². The van der Waals surface area contributed by atoms with Crippen molar-refractivity contribution in [3.8, 4) is 0 Å². The zero-order valence-corrected chi connectivity index (χ0v) is 20.5. The highest BCUT2D eigenvalue weighted by molar-refractivity contribution is 14.2. The maximum absolute atomic E-state index is 14.6. The third kappa shape index (κ3) is 5.64. The molecule has 0 radical (unpaired) electrons. The van der Waals surface area contributed by atoms with Crippen molar-refractivity contribution >= 4 is 65.1 Å². The van der Waals surface area contributed by atoms with Gasteiger partial charge in [-0.2, -0.15) is 0 Å². The second-order valence-corrected chi connectivity index (χ2v) is 10.6. The highest BCUT2D eigenvalue weighted by atomic mass is 127. The van der Waals surface area contributed by atoms with Gasteiger partial charge in [-0.15, -0.1) is 0 Å². The minimum absolute atomic E-state index is 0.0890. The largest absolute Gasteiger partial charge is 0.321 e. The van der Waals surface area contributed by atoms with Crippen LogP contribution in [0.1, 0.15) is 32.7 Å². The van der Waals surface area contributed by atoms with E-state index in [2.05, 4.69) is 15.5 Å². The van der Waals surface area contributed by atoms with Crippen LogP contribution >= 0.6 is 43.9 Å². The molecule has 0 spiro atoms. The molecule has 0 bridgehead atoms. The fourth-order valence-corrected chi connectivity index (χ4v) is 5.36. The van der Waals surface area contributed by atoms with Gasteiger partial charge in [0.25, 0.3) is 11.8 Å². The Kier molecular flexibility index (Phi) is 7.40. The van der Waals surface area contributed by atoms with Crippen molar-refractivity contribution in [1.29, 1.82) is 0 Å². The summed E-state index contributed by atoms with van der Waals surface area (Å²) in [7, 11) is 0. The molecule has 5 nitrogen and oxygen atoms in total. The average molecular weight is 586 g/mol. The second-order valence-electron chi connectivity index (χ2n) is 7.33. The maximum Gasteiger partial charge on any atom is 0.258 e. The SMILES string of the molecule is O=C(Nc1ccc(Cl)cc1C(=O)NC1=IC=C(Cl)C=C1)c1ccc(CN2CCC2)cc1F. The number of carbonyl (C=O) groups excluding carboxylic acids is 2. The summed E-state index contributed by atoms with van der Waals surface area (Å²) in [6.07, 6.45) is 4.62. The van der Waals surface area contributed by atoms with Crippen LogP contribution < -0.4 is 10.6 Å². The molecule has 2 aliphatic rings. The molecule has 9 heteroatoms. The number of amides is 2. The van der Waals surface area contributed by atoms with E-state index in [4.69, 9.17) is 23.2 Å². The minimum Gasteiger partial charge on any atom is -0.321 e. The van der Waals surface area contributed by atoms with Gasteiger partial charge >= 0.3 is 0 Å². The highest BCUT2D eigenvalue weighted by Gasteiger charge is 2.19. The first-order valence-corrected chi connectivity index (χ1v) is 12.9. The van der Waals surface area contributed by atoms with Crippen molar-refractivity contribution in [2.45, 2.75) is 13.0 Å². The monoisotopic (exact) mass is 585 g/mol. The number of nitrogens with zero attached hydrogens (tertiary/aromatic N) is 1. The molecule has 2 N–H and O–H groups in total. The Balaban J connectivity index is 1.51. The molecule has 4 rings (SSSR count). The molecule has 2 aromatic rings. The number of hydrogen-bond donors (Lipinski definition) is 2. The quantitative estimate of drug-likeness (QED) is 0.445. The number of likely N-dealkylation sites (tertiary alicyclic amines) is 1. The van der Waals surface area contributed by atoms with Crippen LogP contribution in [0.25, 0.3) is 0 Å². The maximum atomic E-state index is 14.6. The Morgan fingerprint density at radius 2 is 1.78 bits per heavy atom. The second kappa shape index (κ2) is 10.2. The van der Waals surface area contributed by atoms with E-state index in [1.54, 1.807) is 24.3 Å². The molecule has 2 aliphatic heterocycles. The zero-order chi connectivity index (χ0) is 22.7. The van der Waals surface area contributed by atoms with E-state index >= 15 is 0 Å². The first kappa shape index (κ1) is 23.1. The highest BCUT2D eigenvalue weighted by Crippen LogP contribution is 2.24. The van der Waals surface area contributed by atoms with E-state index in [1.165, 1.54) is 24.3 Å². The lowest BCUT2D eigenvalue weighted by Crippen LogP contribution is -2.36. The number of hydrogen-bond acceptors (Lipinski definition) is 3. The van der Waals surface area contributed by atoms with E-state index < -0.39 is 38.4 Å². The Labute approximate surface area is 205 Å². The summed E-state index contributed by atoms with van der Waals surface area (Å²) in [4.78, 5) is 27.8. The molecule has 166 valence electrons. The number of rotatable bonds is 6. The molecule has 2 aromatic carbocycles. The van der Waals surface area contributed by atoms with E-state index in [-0.39, 0.29) is 16.8 Å². The molecule has 0 atom stereocenters. The van der Waals surface area contributed by atoms with Crippen molar-refractivity contribution in [2.24, 2.45) is 0 Å². The molecular formula is C23H19Cl2FIN3O2. The van der Waals surface area contributed by atoms with E-state index in [0.717, 1.165) is 28.7 Å². The molecule has 32 heavy (non-hydrogen) atoms. The third-order valence-corrected chi connectivity index (χ3v) is 8.13. The molecule has 0 saturated carbocycles. The molecule has 1 saturated heterocycles. The summed E-state index contributed by atoms with van der Waals surface area (Å²) in [5.74, 6) is -1.66. The normalized spacial score (nSPS) is 15.7. The topological polar surface area (TPSA) is 61.4 Å². The first-order chi connectivity index (χ1) is 15.4. The van der Waals surface area contributed by atoms with Crippen molar-refractivity contribution < 1.29 is 14.0 Å². The molecule has 0 aromatic heterocycles. The Morgan fingerprint density at radius 1 is 1.00 bits per heavy atom. The van der Waals surface area contributed by atoms with Crippen LogP contribution in [-0.2, 0) is 6.54 Å². The van der Waals surface area contributed by atoms with Crippen LogP contribution in [0.15, 0.2) is 57.7 Å². The smallest absolute Gasteiger partial charge is 0.258 e. The molecule has 0 unspecified atom stereocenters. The average Bonchev–Trinajstić information content (AvgIpc) is 2.73. The van der Waals surface area contributed by atoms with Crippen LogP contribution in [0.4, 0.5) is 10.1 Å². The van der Waals surface area contributed by atoms with Gasteiger partial charge in [0.1, 0.15) is 5.82 Å². The van der Waals surface area contributed by atoms with Crippen LogP contribution in [0.2, 0.25) is 5.02 Å². The van der Waals surface area contributed by atoms with Gasteiger partial charge in [0, 0.05) is 16.6 Å². The number of allylic oxidation sites excluding steroid dienone is 2. The van der Waals surface area contributed by atoms with Gasteiger partial charge in [-0.25, -0.2) is 4.39 Å². The minimum atomic E-state index is -0.637. The Bertz CT molecular complexity index is 1180. The lowest BCUT2D eigenvalue weighted by molar-refractivity contribution is 0.0979. The summed E-state index contributed by atoms with van der Waals surface area (Å²) >= 11 is 11.4. The lowest BCUT2D eigenvalue weighted by Gasteiger charge is -2.30. The van der Waals surface area contributed by atoms with E-state index in [0.29, 0.717) is 16.6 Å². The van der Waals surface area contributed by atoms with E-state index in [9.17, 15) is 14.0 Å². The Hall–Kier alpha value is -2.07. The van der Waals surface area contributed by atoms with Gasteiger partial charge in [-0.05, 0) is 71.6 Å². The molecule has 2 amide bonds. The summed E-state index contributed by atoms with van der Waals surface area (Å²) in [6, 6.07) is 9.16. The van der Waals surface area contributed by atoms with Crippen molar-refractivity contribution in [1.82, 2.24) is 10.2 Å². The van der Waals surface area contributed by atoms with Crippen molar-refractivity contribution in [2.75, 3.05) is 18.4 Å².